The molecule has 1 saturated carbocycles. The largest absolute Gasteiger partial charge is 0.481 e. The van der Waals surface area contributed by atoms with E-state index in [1.54, 1.807) is 18.2 Å². The second kappa shape index (κ2) is 6.37. The lowest BCUT2D eigenvalue weighted by atomic mass is 9.96. The predicted octanol–water partition coefficient (Wildman–Crippen LogP) is 2.00. The Kier molecular flexibility index (Phi) is 4.77. The fraction of sp³-hybridized carbons (Fsp3) is 0.500. The van der Waals surface area contributed by atoms with E-state index in [9.17, 15) is 18.3 Å². The number of carbonyl (C=O) groups is 1. The number of carboxylic acid groups (broad SMARTS) is 1. The fourth-order valence-electron chi connectivity index (χ4n) is 2.61. The van der Waals surface area contributed by atoms with Crippen molar-refractivity contribution in [1.29, 1.82) is 0 Å². The molecule has 6 heteroatoms. The summed E-state index contributed by atoms with van der Waals surface area (Å²) >= 11 is 0. The van der Waals surface area contributed by atoms with Crippen LogP contribution in [0.1, 0.15) is 32.1 Å². The minimum absolute atomic E-state index is 0.174. The van der Waals surface area contributed by atoms with Crippen LogP contribution in [0.4, 0.5) is 0 Å². The lowest BCUT2D eigenvalue weighted by Crippen LogP contribution is -2.42. The lowest BCUT2D eigenvalue weighted by Gasteiger charge is -2.22. The maximum Gasteiger partial charge on any atom is 0.308 e. The van der Waals surface area contributed by atoms with Crippen molar-refractivity contribution < 1.29 is 18.3 Å². The summed E-state index contributed by atoms with van der Waals surface area (Å²) in [6.45, 7) is 0. The van der Waals surface area contributed by atoms with Gasteiger partial charge in [0.1, 0.15) is 0 Å². The first-order chi connectivity index (χ1) is 9.50. The Hall–Kier alpha value is -1.40. The highest BCUT2D eigenvalue weighted by Crippen LogP contribution is 2.25. The van der Waals surface area contributed by atoms with E-state index in [1.807, 2.05) is 0 Å². The number of rotatable bonds is 4. The van der Waals surface area contributed by atoms with Gasteiger partial charge in [-0.15, -0.1) is 0 Å². The van der Waals surface area contributed by atoms with Gasteiger partial charge in [0.05, 0.1) is 10.8 Å². The topological polar surface area (TPSA) is 83.5 Å². The molecule has 0 spiro atoms. The summed E-state index contributed by atoms with van der Waals surface area (Å²) in [5.74, 6) is -1.57. The number of nitrogens with one attached hydrogen (secondary N) is 1. The van der Waals surface area contributed by atoms with Crippen molar-refractivity contribution in [2.45, 2.75) is 43.0 Å². The third-order valence-corrected chi connectivity index (χ3v) is 5.20. The Morgan fingerprint density at radius 2 is 1.75 bits per heavy atom. The molecule has 0 aromatic heterocycles. The molecule has 1 fully saturated rings. The van der Waals surface area contributed by atoms with Crippen LogP contribution in [0.2, 0.25) is 0 Å². The quantitative estimate of drug-likeness (QED) is 0.833. The van der Waals surface area contributed by atoms with E-state index in [4.69, 9.17) is 0 Å². The van der Waals surface area contributed by atoms with E-state index in [0.29, 0.717) is 12.8 Å². The number of benzene rings is 1. The van der Waals surface area contributed by atoms with E-state index in [2.05, 4.69) is 4.72 Å². The van der Waals surface area contributed by atoms with Crippen LogP contribution in [-0.4, -0.2) is 25.5 Å². The second-order valence-corrected chi connectivity index (χ2v) is 6.84. The number of aliphatic carboxylic acids is 1. The van der Waals surface area contributed by atoms with Crippen molar-refractivity contribution >= 4 is 16.0 Å². The number of sulfonamides is 1. The van der Waals surface area contributed by atoms with Gasteiger partial charge >= 0.3 is 5.97 Å². The molecule has 0 bridgehead atoms. The van der Waals surface area contributed by atoms with E-state index in [0.717, 1.165) is 19.3 Å². The molecular formula is C14H19NO4S. The summed E-state index contributed by atoms with van der Waals surface area (Å²) in [6.07, 6.45) is 3.74. The molecule has 0 amide bonds. The van der Waals surface area contributed by atoms with Crippen LogP contribution < -0.4 is 4.72 Å². The van der Waals surface area contributed by atoms with Gasteiger partial charge in [-0.2, -0.15) is 0 Å². The van der Waals surface area contributed by atoms with Crippen LogP contribution in [0.15, 0.2) is 35.2 Å². The third kappa shape index (κ3) is 3.58. The molecule has 2 rings (SSSR count). The maximum absolute atomic E-state index is 12.3. The first-order valence-electron chi connectivity index (χ1n) is 6.81. The monoisotopic (exact) mass is 297 g/mol. The van der Waals surface area contributed by atoms with Crippen LogP contribution in [0.25, 0.3) is 0 Å². The molecular weight excluding hydrogens is 278 g/mol. The van der Waals surface area contributed by atoms with Gasteiger partial charge in [0.2, 0.25) is 10.0 Å². The van der Waals surface area contributed by atoms with Crippen molar-refractivity contribution in [2.75, 3.05) is 0 Å². The zero-order valence-electron chi connectivity index (χ0n) is 11.2. The second-order valence-electron chi connectivity index (χ2n) is 5.12. The van der Waals surface area contributed by atoms with Crippen LogP contribution in [0, 0.1) is 5.92 Å². The van der Waals surface area contributed by atoms with Crippen LogP contribution in [0.3, 0.4) is 0 Å². The van der Waals surface area contributed by atoms with Gasteiger partial charge in [-0.05, 0) is 25.0 Å². The number of carboxylic acids is 1. The molecule has 20 heavy (non-hydrogen) atoms. The summed E-state index contributed by atoms with van der Waals surface area (Å²) < 4.78 is 27.1. The highest BCUT2D eigenvalue weighted by atomic mass is 32.2. The summed E-state index contributed by atoms with van der Waals surface area (Å²) in [6, 6.07) is 7.53. The molecule has 0 saturated heterocycles. The molecule has 1 aromatic rings. The van der Waals surface area contributed by atoms with Crippen molar-refractivity contribution in [1.82, 2.24) is 4.72 Å². The zero-order chi connectivity index (χ0) is 14.6. The minimum Gasteiger partial charge on any atom is -0.481 e. The van der Waals surface area contributed by atoms with Gasteiger partial charge in [0.25, 0.3) is 0 Å². The lowest BCUT2D eigenvalue weighted by molar-refractivity contribution is -0.142. The molecule has 1 aliphatic rings. The molecule has 0 heterocycles. The van der Waals surface area contributed by atoms with E-state index in [-0.39, 0.29) is 4.90 Å². The predicted molar refractivity (Wildman–Crippen MR) is 74.8 cm³/mol. The molecule has 0 aliphatic heterocycles. The van der Waals surface area contributed by atoms with Crippen molar-refractivity contribution in [3.63, 3.8) is 0 Å². The average molecular weight is 297 g/mol. The van der Waals surface area contributed by atoms with Gasteiger partial charge in [-0.1, -0.05) is 37.5 Å². The van der Waals surface area contributed by atoms with E-state index < -0.39 is 28.0 Å². The van der Waals surface area contributed by atoms with E-state index in [1.165, 1.54) is 12.1 Å². The van der Waals surface area contributed by atoms with E-state index >= 15 is 0 Å². The highest BCUT2D eigenvalue weighted by molar-refractivity contribution is 7.89. The molecule has 0 radical (unpaired) electrons. The van der Waals surface area contributed by atoms with Gasteiger partial charge in [0, 0.05) is 6.04 Å². The average Bonchev–Trinajstić information content (AvgIpc) is 2.65. The summed E-state index contributed by atoms with van der Waals surface area (Å²) in [7, 11) is -3.66. The van der Waals surface area contributed by atoms with Crippen molar-refractivity contribution in [3.8, 4) is 0 Å². The Balaban J connectivity index is 2.19. The van der Waals surface area contributed by atoms with Gasteiger partial charge < -0.3 is 5.11 Å². The van der Waals surface area contributed by atoms with Gasteiger partial charge in [0.15, 0.2) is 0 Å². The van der Waals surface area contributed by atoms with Crippen LogP contribution >= 0.6 is 0 Å². The number of hydrogen-bond donors (Lipinski definition) is 2. The maximum atomic E-state index is 12.3. The summed E-state index contributed by atoms with van der Waals surface area (Å²) in [4.78, 5) is 11.5. The third-order valence-electron chi connectivity index (χ3n) is 3.69. The Morgan fingerprint density at radius 3 is 2.40 bits per heavy atom. The van der Waals surface area contributed by atoms with Gasteiger partial charge in [-0.3, -0.25) is 4.79 Å². The Morgan fingerprint density at radius 1 is 1.10 bits per heavy atom. The molecule has 2 unspecified atom stereocenters. The van der Waals surface area contributed by atoms with Crippen molar-refractivity contribution in [3.05, 3.63) is 30.3 Å². The minimum atomic E-state index is -3.66. The first-order valence-corrected chi connectivity index (χ1v) is 8.29. The molecule has 2 atom stereocenters. The number of hydrogen-bond acceptors (Lipinski definition) is 3. The molecule has 2 N–H and O–H groups in total. The normalized spacial score (nSPS) is 24.0. The van der Waals surface area contributed by atoms with Crippen LogP contribution in [-0.2, 0) is 14.8 Å². The molecule has 110 valence electrons. The van der Waals surface area contributed by atoms with Crippen molar-refractivity contribution in [2.24, 2.45) is 5.92 Å². The highest BCUT2D eigenvalue weighted by Gasteiger charge is 2.32. The molecule has 5 nitrogen and oxygen atoms in total. The molecule has 1 aromatic carbocycles. The summed E-state index contributed by atoms with van der Waals surface area (Å²) in [5, 5.41) is 9.27. The summed E-state index contributed by atoms with van der Waals surface area (Å²) in [5.41, 5.74) is 0. The fourth-order valence-corrected chi connectivity index (χ4v) is 3.94. The Bertz CT molecular complexity index is 556. The Labute approximate surface area is 119 Å². The molecule has 1 aliphatic carbocycles. The smallest absolute Gasteiger partial charge is 0.308 e. The SMILES string of the molecule is O=C(O)C1CCCCCC1NS(=O)(=O)c1ccccc1. The first kappa shape index (κ1) is 15.0. The van der Waals surface area contributed by atoms with Crippen LogP contribution in [0.5, 0.6) is 0 Å². The zero-order valence-corrected chi connectivity index (χ0v) is 12.0. The standard InChI is InChI=1S/C14H19NO4S/c16-14(17)12-9-5-2-6-10-13(12)15-20(18,19)11-7-3-1-4-8-11/h1,3-4,7-8,12-13,15H,2,5-6,9-10H2,(H,16,17). The van der Waals surface area contributed by atoms with Gasteiger partial charge in [-0.25, -0.2) is 13.1 Å².